The Balaban J connectivity index is 3.74. The van der Waals surface area contributed by atoms with Crippen LogP contribution in [0, 0.1) is 0 Å². The van der Waals surface area contributed by atoms with Gasteiger partial charge in [-0.05, 0) is 33.1 Å². The molecule has 0 aliphatic heterocycles. The summed E-state index contributed by atoms with van der Waals surface area (Å²) in [6.07, 6.45) is 10.2. The van der Waals surface area contributed by atoms with E-state index in [2.05, 4.69) is 38.7 Å². The van der Waals surface area contributed by atoms with Gasteiger partial charge < -0.3 is 5.32 Å². The van der Waals surface area contributed by atoms with Crippen LogP contribution in [0.5, 0.6) is 0 Å². The van der Waals surface area contributed by atoms with Crippen LogP contribution in [0.15, 0.2) is 24.4 Å². The van der Waals surface area contributed by atoms with Crippen molar-refractivity contribution in [3.8, 4) is 0 Å². The molecule has 0 radical (unpaired) electrons. The highest BCUT2D eigenvalue weighted by atomic mass is 14.9. The van der Waals surface area contributed by atoms with Crippen molar-refractivity contribution in [2.45, 2.75) is 58.9 Å². The summed E-state index contributed by atoms with van der Waals surface area (Å²) in [5, 5.41) is 3.55. The smallest absolute Gasteiger partial charge is 0.0229 e. The van der Waals surface area contributed by atoms with Crippen molar-refractivity contribution in [1.29, 1.82) is 0 Å². The van der Waals surface area contributed by atoms with Gasteiger partial charge in [0.05, 0.1) is 0 Å². The third kappa shape index (κ3) is 6.76. The van der Waals surface area contributed by atoms with Gasteiger partial charge in [-0.2, -0.15) is 0 Å². The maximum atomic E-state index is 3.74. The van der Waals surface area contributed by atoms with Crippen molar-refractivity contribution in [2.24, 2.45) is 0 Å². The molecule has 1 unspecified atom stereocenters. The summed E-state index contributed by atoms with van der Waals surface area (Å²) in [5.41, 5.74) is 1.36. The lowest BCUT2D eigenvalue weighted by Crippen LogP contribution is -2.25. The Labute approximate surface area is 89.3 Å². The lowest BCUT2D eigenvalue weighted by Gasteiger charge is -2.17. The summed E-state index contributed by atoms with van der Waals surface area (Å²) in [5.74, 6) is 0. The lowest BCUT2D eigenvalue weighted by molar-refractivity contribution is 0.529. The molecule has 0 spiro atoms. The molecule has 0 aromatic carbocycles. The first kappa shape index (κ1) is 13.3. The average Bonchev–Trinajstić information content (AvgIpc) is 2.21. The highest BCUT2D eigenvalue weighted by Gasteiger charge is 2.01. The van der Waals surface area contributed by atoms with E-state index >= 15 is 0 Å². The van der Waals surface area contributed by atoms with Crippen molar-refractivity contribution >= 4 is 0 Å². The van der Waals surface area contributed by atoms with Gasteiger partial charge in [0, 0.05) is 11.7 Å². The Morgan fingerprint density at radius 2 is 2.21 bits per heavy atom. The first-order valence-electron chi connectivity index (χ1n) is 5.77. The molecule has 0 bridgehead atoms. The second-order valence-corrected chi connectivity index (χ2v) is 3.83. The maximum absolute atomic E-state index is 3.74. The topological polar surface area (TPSA) is 12.0 Å². The number of nitrogens with one attached hydrogen (secondary N) is 1. The minimum Gasteiger partial charge on any atom is -0.386 e. The second-order valence-electron chi connectivity index (χ2n) is 3.83. The summed E-state index contributed by atoms with van der Waals surface area (Å²) >= 11 is 0. The summed E-state index contributed by atoms with van der Waals surface area (Å²) in [6.45, 7) is 10.3. The average molecular weight is 195 g/mol. The van der Waals surface area contributed by atoms with Gasteiger partial charge in [0.2, 0.25) is 0 Å². The molecule has 1 heteroatoms. The molecule has 0 saturated carbocycles. The predicted octanol–water partition coefficient (Wildman–Crippen LogP) is 4.02. The molecule has 14 heavy (non-hydrogen) atoms. The quantitative estimate of drug-likeness (QED) is 0.577. The molecular weight excluding hydrogens is 170 g/mol. The molecule has 0 aliphatic carbocycles. The Hall–Kier alpha value is -0.720. The normalized spacial score (nSPS) is 13.8. The Morgan fingerprint density at radius 1 is 1.50 bits per heavy atom. The summed E-state index contributed by atoms with van der Waals surface area (Å²) in [4.78, 5) is 0. The molecule has 0 saturated heterocycles. The van der Waals surface area contributed by atoms with Gasteiger partial charge in [-0.1, -0.05) is 31.9 Å². The zero-order valence-electron chi connectivity index (χ0n) is 9.97. The van der Waals surface area contributed by atoms with E-state index in [1.54, 1.807) is 0 Å². The monoisotopic (exact) mass is 195 g/mol. The van der Waals surface area contributed by atoms with Crippen molar-refractivity contribution < 1.29 is 0 Å². The fourth-order valence-electron chi connectivity index (χ4n) is 1.46. The lowest BCUT2D eigenvalue weighted by atomic mass is 10.1. The van der Waals surface area contributed by atoms with E-state index < -0.39 is 0 Å². The van der Waals surface area contributed by atoms with Crippen LogP contribution in [0.4, 0.5) is 0 Å². The molecule has 0 heterocycles. The number of allylic oxidation sites excluding steroid dienone is 3. The Morgan fingerprint density at radius 3 is 2.71 bits per heavy atom. The zero-order chi connectivity index (χ0) is 10.8. The van der Waals surface area contributed by atoms with Gasteiger partial charge in [-0.3, -0.25) is 0 Å². The standard InChI is InChI=1S/C13H25N/c1-5-8-10-12(4)14-13(7-3)11-9-6-2/h6-7,12,14H,2,5,8-11H2,1,3-4H3/b13-7+. The summed E-state index contributed by atoms with van der Waals surface area (Å²) in [6, 6.07) is 0.603. The van der Waals surface area contributed by atoms with Crippen molar-refractivity contribution in [2.75, 3.05) is 0 Å². The highest BCUT2D eigenvalue weighted by Crippen LogP contribution is 2.06. The van der Waals surface area contributed by atoms with Crippen molar-refractivity contribution in [3.05, 3.63) is 24.4 Å². The highest BCUT2D eigenvalue weighted by molar-refractivity contribution is 5.00. The Bertz CT molecular complexity index is 170. The van der Waals surface area contributed by atoms with Crippen LogP contribution < -0.4 is 5.32 Å². The van der Waals surface area contributed by atoms with Gasteiger partial charge in [0.15, 0.2) is 0 Å². The number of hydrogen-bond donors (Lipinski definition) is 1. The van der Waals surface area contributed by atoms with Crippen LogP contribution in [0.3, 0.4) is 0 Å². The summed E-state index contributed by atoms with van der Waals surface area (Å²) < 4.78 is 0. The molecule has 0 amide bonds. The predicted molar refractivity (Wildman–Crippen MR) is 65.3 cm³/mol. The van der Waals surface area contributed by atoms with Crippen molar-refractivity contribution in [1.82, 2.24) is 5.32 Å². The minimum atomic E-state index is 0.603. The van der Waals surface area contributed by atoms with Gasteiger partial charge in [0.1, 0.15) is 0 Å². The third-order valence-electron chi connectivity index (χ3n) is 2.39. The first-order chi connectivity index (χ1) is 6.74. The molecular formula is C13H25N. The van der Waals surface area contributed by atoms with Gasteiger partial charge in [-0.15, -0.1) is 6.58 Å². The number of unbranched alkanes of at least 4 members (excludes halogenated alkanes) is 1. The van der Waals surface area contributed by atoms with Crippen LogP contribution >= 0.6 is 0 Å². The molecule has 0 aliphatic rings. The largest absolute Gasteiger partial charge is 0.386 e. The van der Waals surface area contributed by atoms with E-state index in [1.807, 2.05) is 6.08 Å². The van der Waals surface area contributed by atoms with Crippen LogP contribution in [0.2, 0.25) is 0 Å². The van der Waals surface area contributed by atoms with E-state index in [9.17, 15) is 0 Å². The molecule has 82 valence electrons. The molecule has 0 aromatic rings. The molecule has 1 atom stereocenters. The first-order valence-corrected chi connectivity index (χ1v) is 5.77. The minimum absolute atomic E-state index is 0.603. The van der Waals surface area contributed by atoms with Crippen LogP contribution in [-0.2, 0) is 0 Å². The number of rotatable bonds is 8. The molecule has 0 fully saturated rings. The van der Waals surface area contributed by atoms with E-state index in [4.69, 9.17) is 0 Å². The number of hydrogen-bond acceptors (Lipinski definition) is 1. The van der Waals surface area contributed by atoms with E-state index in [0.29, 0.717) is 6.04 Å². The third-order valence-corrected chi connectivity index (χ3v) is 2.39. The summed E-state index contributed by atoms with van der Waals surface area (Å²) in [7, 11) is 0. The van der Waals surface area contributed by atoms with E-state index in [1.165, 1.54) is 25.0 Å². The molecule has 1 nitrogen and oxygen atoms in total. The van der Waals surface area contributed by atoms with E-state index in [0.717, 1.165) is 12.8 Å². The van der Waals surface area contributed by atoms with Gasteiger partial charge >= 0.3 is 0 Å². The fourth-order valence-corrected chi connectivity index (χ4v) is 1.46. The SMILES string of the molecule is C=CCC/C(=C\C)NC(C)CCCC. The van der Waals surface area contributed by atoms with Crippen LogP contribution in [-0.4, -0.2) is 6.04 Å². The van der Waals surface area contributed by atoms with Crippen molar-refractivity contribution in [3.63, 3.8) is 0 Å². The maximum Gasteiger partial charge on any atom is 0.0229 e. The van der Waals surface area contributed by atoms with Crippen LogP contribution in [0.1, 0.15) is 52.9 Å². The van der Waals surface area contributed by atoms with Gasteiger partial charge in [0.25, 0.3) is 0 Å². The molecule has 1 N–H and O–H groups in total. The van der Waals surface area contributed by atoms with Gasteiger partial charge in [-0.25, -0.2) is 0 Å². The van der Waals surface area contributed by atoms with Crippen LogP contribution in [0.25, 0.3) is 0 Å². The second kappa shape index (κ2) is 8.86. The zero-order valence-corrected chi connectivity index (χ0v) is 9.97. The molecule has 0 rings (SSSR count). The Kier molecular flexibility index (Phi) is 8.40. The molecule has 0 aromatic heterocycles. The fraction of sp³-hybridized carbons (Fsp3) is 0.692. The van der Waals surface area contributed by atoms with E-state index in [-0.39, 0.29) is 0 Å².